The Morgan fingerprint density at radius 1 is 1.19 bits per heavy atom. The van der Waals surface area contributed by atoms with Gasteiger partial charge in [-0.1, -0.05) is 0 Å². The highest BCUT2D eigenvalue weighted by Crippen LogP contribution is 2.38. The van der Waals surface area contributed by atoms with Gasteiger partial charge in [0.15, 0.2) is 5.82 Å². The van der Waals surface area contributed by atoms with Crippen molar-refractivity contribution in [3.05, 3.63) is 47.7 Å². The maximum atomic E-state index is 13.7. The van der Waals surface area contributed by atoms with Gasteiger partial charge in [0, 0.05) is 54.9 Å². The predicted molar refractivity (Wildman–Crippen MR) is 138 cm³/mol. The van der Waals surface area contributed by atoms with Gasteiger partial charge in [-0.15, -0.1) is 0 Å². The summed E-state index contributed by atoms with van der Waals surface area (Å²) in [7, 11) is 1.99. The van der Waals surface area contributed by atoms with Gasteiger partial charge in [0.25, 0.3) is 5.91 Å². The Kier molecular flexibility index (Phi) is 4.98. The number of benzene rings is 1. The van der Waals surface area contributed by atoms with Gasteiger partial charge in [-0.2, -0.15) is 0 Å². The van der Waals surface area contributed by atoms with Crippen molar-refractivity contribution in [3.63, 3.8) is 0 Å². The molecule has 4 fully saturated rings. The minimum Gasteiger partial charge on any atom is -0.392 e. The van der Waals surface area contributed by atoms with Crippen LogP contribution in [0.25, 0.3) is 33.6 Å². The molecule has 36 heavy (non-hydrogen) atoms. The van der Waals surface area contributed by atoms with E-state index in [2.05, 4.69) is 21.7 Å². The van der Waals surface area contributed by atoms with E-state index in [0.717, 1.165) is 65.9 Å². The lowest BCUT2D eigenvalue weighted by molar-refractivity contribution is 0.0249. The molecule has 4 aromatic rings. The molecule has 2 aliphatic heterocycles. The van der Waals surface area contributed by atoms with E-state index in [9.17, 15) is 9.90 Å². The number of aliphatic hydroxyl groups excluding tert-OH is 1. The zero-order chi connectivity index (χ0) is 24.6. The normalized spacial score (nSPS) is 23.8. The number of aliphatic hydroxyl groups is 1. The average molecular weight is 485 g/mol. The third-order valence-corrected chi connectivity index (χ3v) is 8.57. The van der Waals surface area contributed by atoms with Crippen LogP contribution in [0.5, 0.6) is 0 Å². The zero-order valence-electron chi connectivity index (χ0n) is 20.6. The summed E-state index contributed by atoms with van der Waals surface area (Å²) in [6.45, 7) is 1.54. The lowest BCUT2D eigenvalue weighted by Gasteiger charge is -2.48. The molecule has 3 aromatic heterocycles. The molecule has 0 radical (unpaired) electrons. The lowest BCUT2D eigenvalue weighted by atomic mass is 9.76. The number of nitrogens with zero attached hydrogens (tertiary/aromatic N) is 5. The summed E-state index contributed by atoms with van der Waals surface area (Å²) in [6, 6.07) is 10.1. The third kappa shape index (κ3) is 3.38. The summed E-state index contributed by atoms with van der Waals surface area (Å²) in [6.07, 6.45) is 7.46. The Morgan fingerprint density at radius 2 is 2.06 bits per heavy atom. The number of aryl methyl sites for hydroxylation is 1. The first kappa shape index (κ1) is 22.0. The molecule has 1 aromatic carbocycles. The quantitative estimate of drug-likeness (QED) is 0.452. The molecule has 3 N–H and O–H groups in total. The number of fused-ring (bicyclic) bond motifs is 5. The Morgan fingerprint density at radius 3 is 2.81 bits per heavy atom. The predicted octanol–water partition coefficient (Wildman–Crippen LogP) is 3.44. The molecule has 8 rings (SSSR count). The van der Waals surface area contributed by atoms with E-state index >= 15 is 0 Å². The average Bonchev–Trinajstić information content (AvgIpc) is 3.56. The van der Waals surface area contributed by atoms with E-state index in [1.165, 1.54) is 12.8 Å². The summed E-state index contributed by atoms with van der Waals surface area (Å²) in [5, 5.41) is 11.4. The molecule has 0 spiro atoms. The van der Waals surface area contributed by atoms with Crippen molar-refractivity contribution in [2.24, 2.45) is 24.6 Å². The highest BCUT2D eigenvalue weighted by molar-refractivity contribution is 5.99. The van der Waals surface area contributed by atoms with E-state index in [0.29, 0.717) is 23.0 Å². The maximum Gasteiger partial charge on any atom is 0.254 e. The van der Waals surface area contributed by atoms with Crippen LogP contribution in [-0.4, -0.2) is 53.6 Å². The molecule has 186 valence electrons. The Balaban J connectivity index is 1.34. The molecule has 4 aliphatic rings. The fraction of sp³-hybridized carbons (Fsp3) is 0.464. The SMILES string of the molecule is Cn1c(-c2cc3cccnc3n2CC2CC2)nc2cc(C(=O)N3CC4CCC3C(N)C4)cc(CO)c21. The number of carbonyl (C=O) groups is 1. The van der Waals surface area contributed by atoms with Crippen molar-refractivity contribution < 1.29 is 9.90 Å². The van der Waals surface area contributed by atoms with Gasteiger partial charge >= 0.3 is 0 Å². The van der Waals surface area contributed by atoms with Crippen LogP contribution in [0.4, 0.5) is 0 Å². The summed E-state index contributed by atoms with van der Waals surface area (Å²) in [5.74, 6) is 1.98. The van der Waals surface area contributed by atoms with Crippen molar-refractivity contribution in [1.29, 1.82) is 0 Å². The number of rotatable bonds is 5. The Labute approximate surface area is 209 Å². The minimum atomic E-state index is -0.158. The molecule has 8 nitrogen and oxygen atoms in total. The molecule has 2 bridgehead atoms. The largest absolute Gasteiger partial charge is 0.392 e. The third-order valence-electron chi connectivity index (χ3n) is 8.57. The second kappa shape index (κ2) is 8.15. The van der Waals surface area contributed by atoms with Crippen molar-refractivity contribution >= 4 is 28.0 Å². The Hall–Kier alpha value is -3.23. The zero-order valence-corrected chi connectivity index (χ0v) is 20.6. The fourth-order valence-corrected chi connectivity index (χ4v) is 6.58. The number of pyridine rings is 1. The van der Waals surface area contributed by atoms with E-state index in [1.54, 1.807) is 0 Å². The van der Waals surface area contributed by atoms with E-state index < -0.39 is 0 Å². The van der Waals surface area contributed by atoms with Crippen LogP contribution in [0.1, 0.15) is 48.0 Å². The van der Waals surface area contributed by atoms with Crippen LogP contribution in [-0.2, 0) is 20.2 Å². The lowest BCUT2D eigenvalue weighted by Crippen LogP contribution is -2.60. The second-order valence-corrected chi connectivity index (χ2v) is 11.0. The molecular formula is C28H32N6O2. The molecule has 2 saturated heterocycles. The van der Waals surface area contributed by atoms with Crippen molar-refractivity contribution in [3.8, 4) is 11.5 Å². The molecule has 3 atom stereocenters. The first-order valence-electron chi connectivity index (χ1n) is 13.1. The molecule has 3 unspecified atom stereocenters. The standard InChI is InChI=1S/C28H32N6O2/c1-32-25-20(15-35)10-19(28(36)34-14-17-6-7-23(34)21(29)9-17)11-22(25)31-27(32)24-12-18-3-2-8-30-26(18)33(24)13-16-4-5-16/h2-3,8,10-12,16-17,21,23,35H,4-7,9,13-15,29H2,1H3. The Bertz CT molecular complexity index is 1500. The van der Waals surface area contributed by atoms with E-state index in [4.69, 9.17) is 10.7 Å². The highest BCUT2D eigenvalue weighted by atomic mass is 16.3. The van der Waals surface area contributed by atoms with Gasteiger partial charge in [0.2, 0.25) is 0 Å². The number of aromatic nitrogens is 4. The van der Waals surface area contributed by atoms with Crippen LogP contribution in [0.2, 0.25) is 0 Å². The number of nitrogens with two attached hydrogens (primary N) is 1. The first-order valence-corrected chi connectivity index (χ1v) is 13.1. The molecule has 2 aliphatic carbocycles. The number of amides is 1. The van der Waals surface area contributed by atoms with Crippen LogP contribution in [0.3, 0.4) is 0 Å². The number of hydrogen-bond acceptors (Lipinski definition) is 5. The number of hydrogen-bond donors (Lipinski definition) is 2. The second-order valence-electron chi connectivity index (χ2n) is 11.0. The van der Waals surface area contributed by atoms with Crippen LogP contribution in [0, 0.1) is 11.8 Å². The monoisotopic (exact) mass is 484 g/mol. The highest BCUT2D eigenvalue weighted by Gasteiger charge is 2.41. The summed E-state index contributed by atoms with van der Waals surface area (Å²) >= 11 is 0. The minimum absolute atomic E-state index is 0.00398. The van der Waals surface area contributed by atoms with Gasteiger partial charge in [0.1, 0.15) is 5.65 Å². The van der Waals surface area contributed by atoms with Gasteiger partial charge in [-0.3, -0.25) is 4.79 Å². The van der Waals surface area contributed by atoms with Gasteiger partial charge < -0.3 is 24.9 Å². The smallest absolute Gasteiger partial charge is 0.254 e. The van der Waals surface area contributed by atoms with Gasteiger partial charge in [-0.25, -0.2) is 9.97 Å². The van der Waals surface area contributed by atoms with Crippen molar-refractivity contribution in [2.75, 3.05) is 6.54 Å². The van der Waals surface area contributed by atoms with Crippen LogP contribution in [0.15, 0.2) is 36.5 Å². The van der Waals surface area contributed by atoms with Gasteiger partial charge in [-0.05, 0) is 74.3 Å². The number of carbonyl (C=O) groups excluding carboxylic acids is 1. The molecular weight excluding hydrogens is 452 g/mol. The summed E-state index contributed by atoms with van der Waals surface area (Å²) in [4.78, 5) is 25.3. The number of piperidine rings is 2. The van der Waals surface area contributed by atoms with Crippen molar-refractivity contribution in [2.45, 2.75) is 57.3 Å². The molecule has 5 heterocycles. The van der Waals surface area contributed by atoms with E-state index in [-0.39, 0.29) is 24.6 Å². The van der Waals surface area contributed by atoms with Gasteiger partial charge in [0.05, 0.1) is 23.3 Å². The summed E-state index contributed by atoms with van der Waals surface area (Å²) < 4.78 is 4.33. The van der Waals surface area contributed by atoms with Crippen LogP contribution < -0.4 is 5.73 Å². The molecule has 1 amide bonds. The fourth-order valence-electron chi connectivity index (χ4n) is 6.58. The summed E-state index contributed by atoms with van der Waals surface area (Å²) in [5.41, 5.74) is 11.3. The topological polar surface area (TPSA) is 102 Å². The molecule has 2 saturated carbocycles. The first-order chi connectivity index (χ1) is 17.5. The van der Waals surface area contributed by atoms with Crippen molar-refractivity contribution in [1.82, 2.24) is 24.0 Å². The maximum absolute atomic E-state index is 13.7. The molecule has 8 heteroatoms. The van der Waals surface area contributed by atoms with Crippen LogP contribution >= 0.6 is 0 Å². The number of imidazole rings is 1. The van der Waals surface area contributed by atoms with E-state index in [1.807, 2.05) is 40.9 Å².